The minimum atomic E-state index is -1.79. The molecule has 3 heterocycles. The zero-order valence-electron chi connectivity index (χ0n) is 31.8. The molecule has 0 amide bonds. The van der Waals surface area contributed by atoms with Crippen molar-refractivity contribution in [3.63, 3.8) is 0 Å². The molecule has 0 radical (unpaired) electrons. The molecule has 6 fully saturated rings. The van der Waals surface area contributed by atoms with Crippen LogP contribution in [0.15, 0.2) is 11.3 Å². The van der Waals surface area contributed by atoms with Crippen LogP contribution >= 0.6 is 0 Å². The van der Waals surface area contributed by atoms with Crippen molar-refractivity contribution >= 4 is 0 Å². The lowest BCUT2D eigenvalue weighted by atomic mass is 9.43. The Hall–Kier alpha value is -1.02. The summed E-state index contributed by atoms with van der Waals surface area (Å²) in [7, 11) is 0. The van der Waals surface area contributed by atoms with Gasteiger partial charge in [0.25, 0.3) is 0 Å². The average Bonchev–Trinajstić information content (AvgIpc) is 3.63. The normalized spacial score (nSPS) is 53.6. The smallest absolute Gasteiger partial charge is 0.187 e. The lowest BCUT2D eigenvalue weighted by Crippen LogP contribution is -2.66. The summed E-state index contributed by atoms with van der Waals surface area (Å²) in [5, 5.41) is 106. The first-order valence-corrected chi connectivity index (χ1v) is 20.2. The second kappa shape index (κ2) is 15.6. The van der Waals surface area contributed by atoms with E-state index in [2.05, 4.69) is 20.8 Å². The predicted molar refractivity (Wildman–Crippen MR) is 188 cm³/mol. The molecule has 0 spiro atoms. The number of aliphatic hydroxyl groups is 10. The van der Waals surface area contributed by atoms with Crippen molar-refractivity contribution in [2.24, 2.45) is 46.3 Å². The van der Waals surface area contributed by atoms with Gasteiger partial charge in [-0.2, -0.15) is 0 Å². The average molecular weight is 773 g/mol. The molecule has 54 heavy (non-hydrogen) atoms. The molecule has 2 saturated heterocycles. The van der Waals surface area contributed by atoms with Gasteiger partial charge in [0.2, 0.25) is 0 Å². The summed E-state index contributed by atoms with van der Waals surface area (Å²) in [6.45, 7) is 7.33. The molecule has 0 aromatic carbocycles. The van der Waals surface area contributed by atoms with Gasteiger partial charge >= 0.3 is 0 Å². The highest BCUT2D eigenvalue weighted by atomic mass is 16.7. The summed E-state index contributed by atoms with van der Waals surface area (Å²) < 4.78 is 31.3. The van der Waals surface area contributed by atoms with Crippen molar-refractivity contribution in [1.29, 1.82) is 0 Å². The highest BCUT2D eigenvalue weighted by Crippen LogP contribution is 2.70. The van der Waals surface area contributed by atoms with Crippen LogP contribution in [0.5, 0.6) is 0 Å². The van der Waals surface area contributed by atoms with E-state index in [1.165, 1.54) is 0 Å². The molecule has 15 nitrogen and oxygen atoms in total. The number of ether oxygens (including phenoxy) is 5. The SMILES string of the molecule is CC1=C(CCC(C)CO)O[C@H]2C[C@H]3[C@@H]4CC[C@@H]5C[C@@H](O)[C@@H](O)C[C@]5(C)[C@H]4CC(O[C@@H]4O[C@H](CO)[C@H](O)[C@H](O[C@@H]5O[C@H](CO)[C@@H](O)[C@H](O)[C@H]5O)[C@H]4O)[C@]3(C)[C@@H]12. The Morgan fingerprint density at radius 3 is 2.09 bits per heavy atom. The lowest BCUT2D eigenvalue weighted by molar-refractivity contribution is -0.370. The summed E-state index contributed by atoms with van der Waals surface area (Å²) in [5.74, 6) is 1.81. The first-order chi connectivity index (χ1) is 25.6. The zero-order valence-corrected chi connectivity index (χ0v) is 31.8. The van der Waals surface area contributed by atoms with Crippen molar-refractivity contribution in [3.8, 4) is 0 Å². The molecule has 4 saturated carbocycles. The third-order valence-corrected chi connectivity index (χ3v) is 15.4. The summed E-state index contributed by atoms with van der Waals surface area (Å²) >= 11 is 0. The number of hydrogen-bond acceptors (Lipinski definition) is 15. The predicted octanol–water partition coefficient (Wildman–Crippen LogP) is -0.712. The summed E-state index contributed by atoms with van der Waals surface area (Å²) in [5.41, 5.74) is 0.359. The van der Waals surface area contributed by atoms with Gasteiger partial charge < -0.3 is 74.7 Å². The summed E-state index contributed by atoms with van der Waals surface area (Å²) in [6, 6.07) is 0. The molecule has 22 atom stereocenters. The minimum absolute atomic E-state index is 0.0155. The van der Waals surface area contributed by atoms with Gasteiger partial charge in [0, 0.05) is 24.4 Å². The van der Waals surface area contributed by atoms with E-state index in [0.717, 1.165) is 37.0 Å². The Morgan fingerprint density at radius 1 is 0.759 bits per heavy atom. The molecule has 3 aliphatic heterocycles. The van der Waals surface area contributed by atoms with Gasteiger partial charge in [-0.05, 0) is 92.4 Å². The van der Waals surface area contributed by atoms with Crippen molar-refractivity contribution in [1.82, 2.24) is 0 Å². The maximum atomic E-state index is 11.9. The van der Waals surface area contributed by atoms with E-state index < -0.39 is 98.4 Å². The van der Waals surface area contributed by atoms with Gasteiger partial charge in [-0.3, -0.25) is 0 Å². The molecular weight excluding hydrogens is 708 g/mol. The van der Waals surface area contributed by atoms with Crippen LogP contribution in [0.2, 0.25) is 0 Å². The van der Waals surface area contributed by atoms with E-state index >= 15 is 0 Å². The first kappa shape index (κ1) is 41.2. The second-order valence-corrected chi connectivity index (χ2v) is 18.3. The number of hydrogen-bond donors (Lipinski definition) is 10. The molecule has 310 valence electrons. The van der Waals surface area contributed by atoms with E-state index in [-0.39, 0.29) is 47.7 Å². The lowest BCUT2D eigenvalue weighted by Gasteiger charge is -2.63. The number of aliphatic hydroxyl groups excluding tert-OH is 10. The van der Waals surface area contributed by atoms with Crippen LogP contribution in [0.25, 0.3) is 0 Å². The fraction of sp³-hybridized carbons (Fsp3) is 0.949. The molecule has 7 aliphatic rings. The molecule has 2 unspecified atom stereocenters. The van der Waals surface area contributed by atoms with Gasteiger partial charge in [0.1, 0.15) is 54.9 Å². The van der Waals surface area contributed by atoms with Crippen LogP contribution in [0.4, 0.5) is 0 Å². The van der Waals surface area contributed by atoms with E-state index in [4.69, 9.17) is 23.7 Å². The van der Waals surface area contributed by atoms with Crippen LogP contribution in [0.3, 0.4) is 0 Å². The van der Waals surface area contributed by atoms with E-state index in [1.807, 2.05) is 6.92 Å². The number of allylic oxidation sites excluding steroid dienone is 1. The Labute approximate surface area is 316 Å². The highest BCUT2D eigenvalue weighted by Gasteiger charge is 2.69. The van der Waals surface area contributed by atoms with Crippen LogP contribution in [-0.4, -0.2) is 157 Å². The van der Waals surface area contributed by atoms with Crippen LogP contribution < -0.4 is 0 Å². The molecule has 10 N–H and O–H groups in total. The standard InChI is InChI=1S/C39H64O15/c1-16(13-40)5-8-24-17(2)29-25(50-24)10-21-19-7-6-18-9-22(43)23(44)12-38(18,3)20(19)11-28(39(21,29)4)53-37-34(49)35(31(46)27(15-42)52-37)54-36-33(48)32(47)30(45)26(14-41)51-36/h16,18-23,25-37,40-49H,5-15H2,1-4H3/t16?,18-,19-,20+,21+,22-,23+,25+,26-,27-,28?,29+,30-,31+,32+,33-,34-,35+,36+,37+,38+,39-/m1/s1. The number of fused-ring (bicyclic) bond motifs is 7. The Morgan fingerprint density at radius 2 is 1.43 bits per heavy atom. The topological polar surface area (TPSA) is 248 Å². The van der Waals surface area contributed by atoms with Gasteiger partial charge in [-0.25, -0.2) is 0 Å². The van der Waals surface area contributed by atoms with Crippen LogP contribution in [-0.2, 0) is 23.7 Å². The second-order valence-electron chi connectivity index (χ2n) is 18.3. The van der Waals surface area contributed by atoms with E-state index in [0.29, 0.717) is 31.6 Å². The minimum Gasteiger partial charge on any atom is -0.494 e. The molecular formula is C39H64O15. The molecule has 0 aromatic heterocycles. The molecule has 0 aromatic rings. The maximum absolute atomic E-state index is 11.9. The van der Waals surface area contributed by atoms with Crippen molar-refractivity contribution < 1.29 is 74.7 Å². The third-order valence-electron chi connectivity index (χ3n) is 15.4. The van der Waals surface area contributed by atoms with Crippen LogP contribution in [0, 0.1) is 46.3 Å². The number of rotatable bonds is 10. The fourth-order valence-electron chi connectivity index (χ4n) is 12.3. The third kappa shape index (κ3) is 6.69. The van der Waals surface area contributed by atoms with Crippen LogP contribution in [0.1, 0.15) is 79.1 Å². The summed E-state index contributed by atoms with van der Waals surface area (Å²) in [6.07, 6.45) is -12.1. The van der Waals surface area contributed by atoms with Gasteiger partial charge in [-0.15, -0.1) is 0 Å². The Balaban J connectivity index is 1.21. The van der Waals surface area contributed by atoms with Crippen molar-refractivity contribution in [3.05, 3.63) is 11.3 Å². The fourth-order valence-corrected chi connectivity index (χ4v) is 12.3. The quantitative estimate of drug-likeness (QED) is 0.123. The molecule has 0 bridgehead atoms. The summed E-state index contributed by atoms with van der Waals surface area (Å²) in [4.78, 5) is 0. The molecule has 7 rings (SSSR count). The van der Waals surface area contributed by atoms with Crippen molar-refractivity contribution in [2.45, 2.75) is 165 Å². The maximum Gasteiger partial charge on any atom is 0.187 e. The van der Waals surface area contributed by atoms with Crippen molar-refractivity contribution in [2.75, 3.05) is 19.8 Å². The van der Waals surface area contributed by atoms with Gasteiger partial charge in [0.15, 0.2) is 12.6 Å². The monoisotopic (exact) mass is 772 g/mol. The van der Waals surface area contributed by atoms with Gasteiger partial charge in [0.05, 0.1) is 37.3 Å². The molecule has 15 heteroatoms. The zero-order chi connectivity index (χ0) is 39.0. The Kier molecular flexibility index (Phi) is 11.9. The first-order valence-electron chi connectivity index (χ1n) is 20.2. The van der Waals surface area contributed by atoms with Gasteiger partial charge in [-0.1, -0.05) is 20.8 Å². The molecule has 4 aliphatic carbocycles. The Bertz CT molecular complexity index is 1350. The highest BCUT2D eigenvalue weighted by molar-refractivity contribution is 5.28. The van der Waals surface area contributed by atoms with E-state index in [1.54, 1.807) is 0 Å². The van der Waals surface area contributed by atoms with E-state index in [9.17, 15) is 51.1 Å². The largest absolute Gasteiger partial charge is 0.494 e.